The fraction of sp³-hybridized carbons (Fsp3) is 0. The van der Waals surface area contributed by atoms with Crippen molar-refractivity contribution in [3.8, 4) is 11.1 Å². The number of aldehydes is 1. The average Bonchev–Trinajstić information content (AvgIpc) is 2.30. The van der Waals surface area contributed by atoms with Crippen LogP contribution in [0.25, 0.3) is 11.1 Å². The predicted octanol–water partition coefficient (Wildman–Crippen LogP) is 3.45. The Kier molecular flexibility index (Phi) is 2.88. The Morgan fingerprint density at radius 1 is 0.933 bits per heavy atom. The summed E-state index contributed by atoms with van der Waals surface area (Å²) in [6.45, 7) is 0. The zero-order valence-electron chi connectivity index (χ0n) is 8.05. The second kappa shape index (κ2) is 4.32. The molecule has 0 heterocycles. The van der Waals surface area contributed by atoms with Gasteiger partial charge in [-0.3, -0.25) is 4.79 Å². The maximum Gasteiger partial charge on any atom is 0.150 e. The first kappa shape index (κ1) is 9.99. The summed E-state index contributed by atoms with van der Waals surface area (Å²) in [5.41, 5.74) is 2.71. The monoisotopic (exact) mass is 214 g/mol. The van der Waals surface area contributed by atoms with Gasteiger partial charge in [0.15, 0.2) is 6.29 Å². The van der Waals surface area contributed by atoms with Crippen LogP contribution in [0.1, 0.15) is 10.4 Å². The van der Waals surface area contributed by atoms with E-state index in [1.807, 2.05) is 48.5 Å². The number of rotatable bonds is 2. The van der Waals surface area contributed by atoms with E-state index in [0.717, 1.165) is 22.3 Å². The van der Waals surface area contributed by atoms with Gasteiger partial charge in [-0.15, -0.1) is 12.6 Å². The minimum atomic E-state index is 0.712. The van der Waals surface area contributed by atoms with E-state index in [-0.39, 0.29) is 0 Å². The molecular weight excluding hydrogens is 204 g/mol. The summed E-state index contributed by atoms with van der Waals surface area (Å²) < 4.78 is 0. The van der Waals surface area contributed by atoms with E-state index in [0.29, 0.717) is 5.56 Å². The third-order valence-corrected chi connectivity index (χ3v) is 2.56. The highest BCUT2D eigenvalue weighted by atomic mass is 32.1. The van der Waals surface area contributed by atoms with Crippen LogP contribution in [0.5, 0.6) is 0 Å². The molecule has 0 spiro atoms. The summed E-state index contributed by atoms with van der Waals surface area (Å²) in [7, 11) is 0. The molecule has 0 saturated heterocycles. The molecule has 0 bridgehead atoms. The quantitative estimate of drug-likeness (QED) is 0.598. The minimum absolute atomic E-state index is 0.712. The summed E-state index contributed by atoms with van der Waals surface area (Å²) in [6.07, 6.45) is 0.879. The van der Waals surface area contributed by atoms with Crippen LogP contribution < -0.4 is 0 Å². The molecule has 0 aliphatic heterocycles. The molecule has 2 rings (SSSR count). The molecule has 0 aliphatic rings. The Morgan fingerprint density at radius 3 is 2.27 bits per heavy atom. The van der Waals surface area contributed by atoms with Crippen molar-refractivity contribution in [2.24, 2.45) is 0 Å². The lowest BCUT2D eigenvalue weighted by Crippen LogP contribution is -1.86. The van der Waals surface area contributed by atoms with Crippen molar-refractivity contribution < 1.29 is 4.79 Å². The topological polar surface area (TPSA) is 17.1 Å². The van der Waals surface area contributed by atoms with Gasteiger partial charge >= 0.3 is 0 Å². The molecule has 0 atom stereocenters. The number of benzene rings is 2. The summed E-state index contributed by atoms with van der Waals surface area (Å²) in [5.74, 6) is 0. The Bertz CT molecular complexity index is 474. The van der Waals surface area contributed by atoms with Gasteiger partial charge in [-0.2, -0.15) is 0 Å². The third kappa shape index (κ3) is 2.10. The molecule has 2 aromatic rings. The summed E-state index contributed by atoms with van der Waals surface area (Å²) >= 11 is 4.22. The summed E-state index contributed by atoms with van der Waals surface area (Å²) in [6, 6.07) is 15.3. The van der Waals surface area contributed by atoms with E-state index in [2.05, 4.69) is 12.6 Å². The van der Waals surface area contributed by atoms with Crippen LogP contribution >= 0.6 is 12.6 Å². The smallest absolute Gasteiger partial charge is 0.150 e. The number of carbonyl (C=O) groups excluding carboxylic acids is 1. The molecule has 0 amide bonds. The third-order valence-electron chi connectivity index (χ3n) is 2.27. The van der Waals surface area contributed by atoms with E-state index in [1.54, 1.807) is 0 Å². The van der Waals surface area contributed by atoms with Crippen molar-refractivity contribution >= 4 is 18.9 Å². The van der Waals surface area contributed by atoms with Crippen LogP contribution in [-0.2, 0) is 0 Å². The Balaban J connectivity index is 2.53. The van der Waals surface area contributed by atoms with Gasteiger partial charge < -0.3 is 0 Å². The van der Waals surface area contributed by atoms with Crippen molar-refractivity contribution in [3.63, 3.8) is 0 Å². The maximum absolute atomic E-state index is 10.9. The first-order valence-corrected chi connectivity index (χ1v) is 5.09. The molecule has 74 valence electrons. The lowest BCUT2D eigenvalue weighted by molar-refractivity contribution is 0.112. The standard InChI is InChI=1S/C13H10OS/c14-9-11-3-1-2-4-13(11)10-5-7-12(15)8-6-10/h1-9,15H. The number of hydrogen-bond acceptors (Lipinski definition) is 2. The predicted molar refractivity (Wildman–Crippen MR) is 64.5 cm³/mol. The van der Waals surface area contributed by atoms with Gasteiger partial charge in [0.2, 0.25) is 0 Å². The molecule has 1 nitrogen and oxygen atoms in total. The van der Waals surface area contributed by atoms with Crippen LogP contribution in [0.15, 0.2) is 53.4 Å². The van der Waals surface area contributed by atoms with E-state index in [9.17, 15) is 4.79 Å². The van der Waals surface area contributed by atoms with Gasteiger partial charge in [0, 0.05) is 10.5 Å². The van der Waals surface area contributed by atoms with Crippen LogP contribution in [0, 0.1) is 0 Å². The summed E-state index contributed by atoms with van der Waals surface area (Å²) in [5, 5.41) is 0. The van der Waals surface area contributed by atoms with Crippen LogP contribution in [0.2, 0.25) is 0 Å². The molecule has 2 heteroatoms. The fourth-order valence-electron chi connectivity index (χ4n) is 1.50. The van der Waals surface area contributed by atoms with Gasteiger partial charge in [-0.1, -0.05) is 36.4 Å². The SMILES string of the molecule is O=Cc1ccccc1-c1ccc(S)cc1. The van der Waals surface area contributed by atoms with Crippen LogP contribution in [-0.4, -0.2) is 6.29 Å². The minimum Gasteiger partial charge on any atom is -0.298 e. The van der Waals surface area contributed by atoms with Crippen molar-refractivity contribution in [2.75, 3.05) is 0 Å². The first-order chi connectivity index (χ1) is 7.31. The normalized spacial score (nSPS) is 9.93. The number of carbonyl (C=O) groups is 1. The zero-order chi connectivity index (χ0) is 10.7. The van der Waals surface area contributed by atoms with Gasteiger partial charge in [0.25, 0.3) is 0 Å². The highest BCUT2D eigenvalue weighted by Crippen LogP contribution is 2.23. The molecule has 0 N–H and O–H groups in total. The van der Waals surface area contributed by atoms with Gasteiger partial charge in [-0.25, -0.2) is 0 Å². The largest absolute Gasteiger partial charge is 0.298 e. The molecule has 0 fully saturated rings. The highest BCUT2D eigenvalue weighted by Gasteiger charge is 2.02. The van der Waals surface area contributed by atoms with Crippen molar-refractivity contribution in [3.05, 3.63) is 54.1 Å². The fourth-order valence-corrected chi connectivity index (χ4v) is 1.65. The molecular formula is C13H10OS. The Labute approximate surface area is 94.2 Å². The zero-order valence-corrected chi connectivity index (χ0v) is 8.95. The van der Waals surface area contributed by atoms with Crippen molar-refractivity contribution in [1.82, 2.24) is 0 Å². The van der Waals surface area contributed by atoms with Crippen LogP contribution in [0.4, 0.5) is 0 Å². The highest BCUT2D eigenvalue weighted by molar-refractivity contribution is 7.80. The molecule has 15 heavy (non-hydrogen) atoms. The van der Waals surface area contributed by atoms with Crippen molar-refractivity contribution in [1.29, 1.82) is 0 Å². The lowest BCUT2D eigenvalue weighted by atomic mass is 10.0. The van der Waals surface area contributed by atoms with Gasteiger partial charge in [0.1, 0.15) is 0 Å². The van der Waals surface area contributed by atoms with Crippen molar-refractivity contribution in [2.45, 2.75) is 4.90 Å². The lowest BCUT2D eigenvalue weighted by Gasteiger charge is -2.04. The second-order valence-corrected chi connectivity index (χ2v) is 3.77. The maximum atomic E-state index is 10.9. The average molecular weight is 214 g/mol. The Morgan fingerprint density at radius 2 is 1.60 bits per heavy atom. The molecule has 0 unspecified atom stereocenters. The van der Waals surface area contributed by atoms with Gasteiger partial charge in [0.05, 0.1) is 0 Å². The molecule has 0 saturated carbocycles. The van der Waals surface area contributed by atoms with E-state index in [1.165, 1.54) is 0 Å². The molecule has 0 radical (unpaired) electrons. The first-order valence-electron chi connectivity index (χ1n) is 4.65. The van der Waals surface area contributed by atoms with Crippen LogP contribution in [0.3, 0.4) is 0 Å². The molecule has 0 aliphatic carbocycles. The van der Waals surface area contributed by atoms with E-state index < -0.39 is 0 Å². The Hall–Kier alpha value is -1.54. The molecule has 2 aromatic carbocycles. The second-order valence-electron chi connectivity index (χ2n) is 3.25. The molecule has 0 aromatic heterocycles. The number of hydrogen-bond donors (Lipinski definition) is 1. The number of thiol groups is 1. The van der Waals surface area contributed by atoms with Gasteiger partial charge in [-0.05, 0) is 23.3 Å². The summed E-state index contributed by atoms with van der Waals surface area (Å²) in [4.78, 5) is 11.8. The van der Waals surface area contributed by atoms with E-state index in [4.69, 9.17) is 0 Å². The van der Waals surface area contributed by atoms with E-state index >= 15 is 0 Å².